The van der Waals surface area contributed by atoms with Gasteiger partial charge in [0.2, 0.25) is 0 Å². The van der Waals surface area contributed by atoms with E-state index in [0.717, 1.165) is 30.9 Å². The van der Waals surface area contributed by atoms with Crippen LogP contribution in [0.2, 0.25) is 0 Å². The summed E-state index contributed by atoms with van der Waals surface area (Å²) in [6.07, 6.45) is 4.31. The third kappa shape index (κ3) is 3.23. The molecule has 2 aromatic rings. The fourth-order valence-corrected chi connectivity index (χ4v) is 3.78. The van der Waals surface area contributed by atoms with Gasteiger partial charge in [0.25, 0.3) is 0 Å². The average molecular weight is 352 g/mol. The number of aromatic nitrogens is 2. The molecule has 3 heterocycles. The van der Waals surface area contributed by atoms with E-state index in [1.54, 1.807) is 12.4 Å². The van der Waals surface area contributed by atoms with Gasteiger partial charge in [-0.05, 0) is 57.5 Å². The summed E-state index contributed by atoms with van der Waals surface area (Å²) in [6.45, 7) is 7.30. The molecular formula is C20H24N4O2. The van der Waals surface area contributed by atoms with Crippen molar-refractivity contribution in [3.63, 3.8) is 0 Å². The number of likely N-dealkylation sites (tertiary alicyclic amines) is 1. The lowest BCUT2D eigenvalue weighted by atomic mass is 10.1. The zero-order valence-corrected chi connectivity index (χ0v) is 15.4. The van der Waals surface area contributed by atoms with Crippen molar-refractivity contribution in [3.8, 4) is 11.4 Å². The highest BCUT2D eigenvalue weighted by molar-refractivity contribution is 5.70. The van der Waals surface area contributed by atoms with Crippen molar-refractivity contribution in [1.82, 2.24) is 14.9 Å². The molecule has 1 aromatic carbocycles. The second kappa shape index (κ2) is 6.27. The molecule has 1 amide bonds. The molecule has 26 heavy (non-hydrogen) atoms. The number of ether oxygens (including phenoxy) is 1. The number of carbonyl (C=O) groups is 1. The maximum absolute atomic E-state index is 12.4. The second-order valence-corrected chi connectivity index (χ2v) is 7.95. The lowest BCUT2D eigenvalue weighted by Gasteiger charge is -2.36. The number of amides is 1. The van der Waals surface area contributed by atoms with Crippen molar-refractivity contribution < 1.29 is 9.53 Å². The minimum Gasteiger partial charge on any atom is -0.444 e. The minimum atomic E-state index is -0.450. The molecule has 1 aromatic heterocycles. The van der Waals surface area contributed by atoms with Gasteiger partial charge in [0, 0.05) is 42.8 Å². The van der Waals surface area contributed by atoms with Gasteiger partial charge in [-0.3, -0.25) is 0 Å². The smallest absolute Gasteiger partial charge is 0.410 e. The second-order valence-electron chi connectivity index (χ2n) is 7.95. The predicted octanol–water partition coefficient (Wildman–Crippen LogP) is 3.34. The van der Waals surface area contributed by atoms with Crippen LogP contribution in [0.15, 0.2) is 42.7 Å². The summed E-state index contributed by atoms with van der Waals surface area (Å²) in [7, 11) is 0. The summed E-state index contributed by atoms with van der Waals surface area (Å²) in [5, 5.41) is 0. The van der Waals surface area contributed by atoms with Gasteiger partial charge in [0.1, 0.15) is 5.60 Å². The molecule has 2 saturated heterocycles. The van der Waals surface area contributed by atoms with Crippen LogP contribution in [0.1, 0.15) is 27.2 Å². The SMILES string of the molecule is CC(C)(C)OC(=O)N1C[C@@H]2C[C@@H]1CN2c1ccc(-c2ncccn2)cc1. The Hall–Kier alpha value is -2.63. The Balaban J connectivity index is 1.43. The van der Waals surface area contributed by atoms with Crippen LogP contribution in [0.5, 0.6) is 0 Å². The van der Waals surface area contributed by atoms with Crippen LogP contribution in [0.25, 0.3) is 11.4 Å². The molecule has 2 aliphatic rings. The Kier molecular flexibility index (Phi) is 4.05. The van der Waals surface area contributed by atoms with Crippen LogP contribution in [0, 0.1) is 0 Å². The van der Waals surface area contributed by atoms with Gasteiger partial charge in [-0.15, -0.1) is 0 Å². The summed E-state index contributed by atoms with van der Waals surface area (Å²) in [5.74, 6) is 0.734. The van der Waals surface area contributed by atoms with Crippen molar-refractivity contribution in [2.24, 2.45) is 0 Å². The zero-order valence-electron chi connectivity index (χ0n) is 15.4. The number of benzene rings is 1. The van der Waals surface area contributed by atoms with Crippen LogP contribution in [0.4, 0.5) is 10.5 Å². The summed E-state index contributed by atoms with van der Waals surface area (Å²) < 4.78 is 5.53. The monoisotopic (exact) mass is 352 g/mol. The van der Waals surface area contributed by atoms with Gasteiger partial charge in [-0.1, -0.05) is 0 Å². The number of rotatable bonds is 2. The number of carbonyl (C=O) groups excluding carboxylic acids is 1. The van der Waals surface area contributed by atoms with E-state index in [4.69, 9.17) is 4.74 Å². The van der Waals surface area contributed by atoms with E-state index < -0.39 is 5.60 Å². The Labute approximate surface area is 153 Å². The van der Waals surface area contributed by atoms with Crippen LogP contribution in [-0.2, 0) is 4.74 Å². The van der Waals surface area contributed by atoms with Crippen LogP contribution in [-0.4, -0.2) is 51.7 Å². The molecule has 6 heteroatoms. The lowest BCUT2D eigenvalue weighted by molar-refractivity contribution is 0.0215. The molecular weight excluding hydrogens is 328 g/mol. The van der Waals surface area contributed by atoms with Gasteiger partial charge < -0.3 is 14.5 Å². The van der Waals surface area contributed by atoms with E-state index in [2.05, 4.69) is 39.1 Å². The van der Waals surface area contributed by atoms with E-state index in [0.29, 0.717) is 6.04 Å². The molecule has 0 radical (unpaired) electrons. The molecule has 0 spiro atoms. The maximum Gasteiger partial charge on any atom is 0.410 e. The van der Waals surface area contributed by atoms with Gasteiger partial charge in [-0.2, -0.15) is 0 Å². The Morgan fingerprint density at radius 3 is 2.35 bits per heavy atom. The normalized spacial score (nSPS) is 22.0. The molecule has 0 unspecified atom stereocenters. The molecule has 2 aliphatic heterocycles. The third-order valence-electron chi connectivity index (χ3n) is 4.89. The van der Waals surface area contributed by atoms with Gasteiger partial charge in [0.05, 0.1) is 6.04 Å². The first-order valence-corrected chi connectivity index (χ1v) is 9.04. The summed E-state index contributed by atoms with van der Waals surface area (Å²) >= 11 is 0. The molecule has 136 valence electrons. The molecule has 2 bridgehead atoms. The van der Waals surface area contributed by atoms with E-state index in [1.165, 1.54) is 5.69 Å². The largest absolute Gasteiger partial charge is 0.444 e. The molecule has 4 rings (SSSR count). The molecule has 6 nitrogen and oxygen atoms in total. The molecule has 2 fully saturated rings. The van der Waals surface area contributed by atoms with Crippen molar-refractivity contribution in [1.29, 1.82) is 0 Å². The van der Waals surface area contributed by atoms with E-state index in [9.17, 15) is 4.79 Å². The highest BCUT2D eigenvalue weighted by atomic mass is 16.6. The predicted molar refractivity (Wildman–Crippen MR) is 99.9 cm³/mol. The fraction of sp³-hybridized carbons (Fsp3) is 0.450. The van der Waals surface area contributed by atoms with E-state index in [1.807, 2.05) is 31.7 Å². The Morgan fingerprint density at radius 2 is 1.77 bits per heavy atom. The number of nitrogens with zero attached hydrogens (tertiary/aromatic N) is 4. The molecule has 0 N–H and O–H groups in total. The van der Waals surface area contributed by atoms with Gasteiger partial charge >= 0.3 is 6.09 Å². The number of hydrogen-bond donors (Lipinski definition) is 0. The third-order valence-corrected chi connectivity index (χ3v) is 4.89. The van der Waals surface area contributed by atoms with Crippen molar-refractivity contribution >= 4 is 11.8 Å². The molecule has 0 aliphatic carbocycles. The molecule has 2 atom stereocenters. The quantitative estimate of drug-likeness (QED) is 0.830. The highest BCUT2D eigenvalue weighted by Gasteiger charge is 2.46. The van der Waals surface area contributed by atoms with Crippen molar-refractivity contribution in [2.75, 3.05) is 18.0 Å². The summed E-state index contributed by atoms with van der Waals surface area (Å²) in [4.78, 5) is 25.2. The minimum absolute atomic E-state index is 0.193. The average Bonchev–Trinajstić information content (AvgIpc) is 3.22. The topological polar surface area (TPSA) is 58.6 Å². The fourth-order valence-electron chi connectivity index (χ4n) is 3.78. The maximum atomic E-state index is 12.4. The van der Waals surface area contributed by atoms with Gasteiger partial charge in [-0.25, -0.2) is 14.8 Å². The number of fused-ring (bicyclic) bond motifs is 2. The lowest BCUT2D eigenvalue weighted by Crippen LogP contribution is -2.50. The Bertz CT molecular complexity index is 786. The van der Waals surface area contributed by atoms with E-state index >= 15 is 0 Å². The number of hydrogen-bond acceptors (Lipinski definition) is 5. The molecule has 0 saturated carbocycles. The first kappa shape index (κ1) is 16.8. The van der Waals surface area contributed by atoms with Crippen LogP contribution in [0.3, 0.4) is 0 Å². The first-order chi connectivity index (χ1) is 12.4. The van der Waals surface area contributed by atoms with E-state index in [-0.39, 0.29) is 12.1 Å². The van der Waals surface area contributed by atoms with Crippen LogP contribution >= 0.6 is 0 Å². The number of anilines is 1. The van der Waals surface area contributed by atoms with Gasteiger partial charge in [0.15, 0.2) is 5.82 Å². The van der Waals surface area contributed by atoms with Crippen molar-refractivity contribution in [2.45, 2.75) is 44.9 Å². The standard InChI is InChI=1S/C20H24N4O2/c1-20(2,3)26-19(25)24-13-16-11-17(24)12-23(16)15-7-5-14(6-8-15)18-21-9-4-10-22-18/h4-10,16-17H,11-13H2,1-3H3/t16-,17+/m0/s1. The summed E-state index contributed by atoms with van der Waals surface area (Å²) in [6, 6.07) is 10.7. The number of piperazine rings is 1. The first-order valence-electron chi connectivity index (χ1n) is 9.04. The highest BCUT2D eigenvalue weighted by Crippen LogP contribution is 2.35. The summed E-state index contributed by atoms with van der Waals surface area (Å²) in [5.41, 5.74) is 1.74. The Morgan fingerprint density at radius 1 is 1.08 bits per heavy atom. The van der Waals surface area contributed by atoms with Crippen LogP contribution < -0.4 is 4.90 Å². The van der Waals surface area contributed by atoms with Crippen molar-refractivity contribution in [3.05, 3.63) is 42.7 Å². The zero-order chi connectivity index (χ0) is 18.3.